The summed E-state index contributed by atoms with van der Waals surface area (Å²) in [6.07, 6.45) is 9.94. The van der Waals surface area contributed by atoms with Crippen LogP contribution in [0.25, 0.3) is 0 Å². The van der Waals surface area contributed by atoms with Crippen molar-refractivity contribution in [1.82, 2.24) is 65.0 Å². The molecule has 36 nitrogen and oxygen atoms in total. The van der Waals surface area contributed by atoms with Crippen LogP contribution in [0.15, 0.2) is 182 Å². The number of carbonyl (C=O) groups is 13. The number of likely N-dealkylation sites (tertiary alicyclic amines) is 5. The lowest BCUT2D eigenvalue weighted by molar-refractivity contribution is -0.155. The summed E-state index contributed by atoms with van der Waals surface area (Å²) in [4.78, 5) is 194. The van der Waals surface area contributed by atoms with Crippen molar-refractivity contribution >= 4 is 95.3 Å². The van der Waals surface area contributed by atoms with E-state index in [1.54, 1.807) is 49.9 Å². The molecule has 7 aromatic rings. The molecule has 128 heavy (non-hydrogen) atoms. The van der Waals surface area contributed by atoms with Gasteiger partial charge in [0.25, 0.3) is 17.7 Å². The number of halogens is 3. The van der Waals surface area contributed by atoms with Crippen LogP contribution >= 0.6 is 12.4 Å². The van der Waals surface area contributed by atoms with Crippen LogP contribution in [0, 0.1) is 5.92 Å². The highest BCUT2D eigenvalue weighted by atomic mass is 35.5. The lowest BCUT2D eigenvalue weighted by atomic mass is 10.1. The fourth-order valence-electron chi connectivity index (χ4n) is 14.8. The van der Waals surface area contributed by atoms with Gasteiger partial charge in [-0.1, -0.05) is 105 Å². The first-order valence-corrected chi connectivity index (χ1v) is 41.8. The standard InChI is InChI=1S/C23H26F2N6O7.C21H23N3O4.C16H21NO3.C15H20N2O3.C14H17N3O4.ClH/c1-12(27-18(34)13-4-7-26-8-5-13)20(36)30-9-2-3-14(30)19(35)28-16-6-10-31(22(37)29-16)21-23(24,25)17(33)15(11-32)38-21;1-15(23-19(25)17-9-11-22-12-10-17)20(26)24-13-5-8-18(24)21(27)28-14-16-6-3-2-4-7-16;1-12(2)15(18)17-10-6-9-14(17)16(19)20-11-13-7-4-3-5-8-13;1-11(16)14(18)17-9-5-8-13(17)15(19)20-10-12-6-3-2-4-7-12;1-9(16-12(18)10-4-6-15-7-5-10)13(19)17-8-2-3-11(17)14(20)21;/h4-8,10,12,14-15,17,21,32-33H,2-3,9,11H2,1H3,(H,27,34)(H,28,29,35,37);2-4,6-7,9-12,15,18H,5,8,13-14H2,1H3,(H,23,25);3-5,7-8,12,14H,6,9-11H2,1-2H3;2-4,6-7,11,13H,5,8-10,16H2,1H3;4-7,9,11H,2-3,8H2,1H3,(H,16,18)(H,20,21);1H/t12-,14+,15?,17?,21?;15-,18+;14-;11-,13+;9-,11+;/m11011./s1. The lowest BCUT2D eigenvalue weighted by Gasteiger charge is -2.27. The van der Waals surface area contributed by atoms with E-state index >= 15 is 0 Å². The number of aliphatic carboxylic acids is 1. The molecule has 39 heteroatoms. The Hall–Kier alpha value is -12.9. The van der Waals surface area contributed by atoms with E-state index in [2.05, 4.69) is 41.2 Å². The molecule has 0 spiro atoms. The van der Waals surface area contributed by atoms with Crippen molar-refractivity contribution in [2.24, 2.45) is 11.7 Å². The molecule has 3 unspecified atom stereocenters. The van der Waals surface area contributed by atoms with E-state index in [0.717, 1.165) is 48.2 Å². The van der Waals surface area contributed by atoms with E-state index in [4.69, 9.17) is 34.9 Å². The van der Waals surface area contributed by atoms with Gasteiger partial charge in [0.15, 0.2) is 6.10 Å². The van der Waals surface area contributed by atoms with Crippen molar-refractivity contribution in [3.8, 4) is 0 Å². The number of carbonyl (C=O) groups excluding carboxylic acids is 12. The number of nitrogens with one attached hydrogen (secondary N) is 4. The predicted molar refractivity (Wildman–Crippen MR) is 458 cm³/mol. The zero-order valence-corrected chi connectivity index (χ0v) is 72.4. The van der Waals surface area contributed by atoms with Crippen molar-refractivity contribution in [1.29, 1.82) is 0 Å². The number of carboxylic acids is 1. The zero-order chi connectivity index (χ0) is 92.0. The number of amides is 9. The van der Waals surface area contributed by atoms with E-state index in [-0.39, 0.29) is 97.9 Å². The first-order valence-electron chi connectivity index (χ1n) is 41.8. The summed E-state index contributed by atoms with van der Waals surface area (Å²) >= 11 is 0. The Morgan fingerprint density at radius 2 is 0.797 bits per heavy atom. The number of benzene rings is 3. The molecular weight excluding hydrogens is 1690 g/mol. The molecule has 9 N–H and O–H groups in total. The maximum Gasteiger partial charge on any atom is 0.351 e. The number of esters is 3. The summed E-state index contributed by atoms with van der Waals surface area (Å²) in [5, 5.41) is 38.1. The van der Waals surface area contributed by atoms with Gasteiger partial charge in [0, 0.05) is 98.7 Å². The van der Waals surface area contributed by atoms with Gasteiger partial charge in [0.1, 0.15) is 80.1 Å². The van der Waals surface area contributed by atoms with Gasteiger partial charge >= 0.3 is 35.5 Å². The number of hydrogen-bond donors (Lipinski definition) is 8. The van der Waals surface area contributed by atoms with Gasteiger partial charge in [-0.3, -0.25) is 62.7 Å². The number of ether oxygens (including phenoxy) is 4. The maximum atomic E-state index is 14.4. The number of anilines is 1. The van der Waals surface area contributed by atoms with E-state index in [1.165, 1.54) is 75.8 Å². The zero-order valence-electron chi connectivity index (χ0n) is 71.6. The van der Waals surface area contributed by atoms with Crippen LogP contribution < -0.4 is 32.7 Å². The van der Waals surface area contributed by atoms with Crippen LogP contribution in [0.5, 0.6) is 0 Å². The average molecular weight is 1800 g/mol. The smallest absolute Gasteiger partial charge is 0.351 e. The van der Waals surface area contributed by atoms with Crippen molar-refractivity contribution in [3.63, 3.8) is 0 Å². The van der Waals surface area contributed by atoms with Gasteiger partial charge in [-0.15, -0.1) is 12.4 Å². The second-order valence-electron chi connectivity index (χ2n) is 31.1. The van der Waals surface area contributed by atoms with Crippen LogP contribution in [0.3, 0.4) is 0 Å². The molecule has 6 aliphatic heterocycles. The van der Waals surface area contributed by atoms with Gasteiger partial charge in [0.05, 0.1) is 12.6 Å². The van der Waals surface area contributed by atoms with Crippen molar-refractivity contribution in [2.45, 2.75) is 204 Å². The maximum absolute atomic E-state index is 14.4. The molecular formula is C89H108ClF2N15O21. The van der Waals surface area contributed by atoms with Gasteiger partial charge < -0.3 is 85.8 Å². The monoisotopic (exact) mass is 1800 g/mol. The number of alkyl halides is 2. The molecule has 6 fully saturated rings. The number of rotatable bonds is 25. The molecule has 4 aromatic heterocycles. The molecule has 3 aromatic carbocycles. The van der Waals surface area contributed by atoms with Crippen LogP contribution in [-0.4, -0.2) is 253 Å². The average Bonchev–Trinajstić information content (AvgIpc) is 1.61. The quantitative estimate of drug-likeness (QED) is 0.0264. The number of hydrogen-bond acceptors (Lipinski definition) is 25. The van der Waals surface area contributed by atoms with Crippen molar-refractivity contribution < 1.29 is 105 Å². The summed E-state index contributed by atoms with van der Waals surface area (Å²) in [5.74, 6) is -9.43. The van der Waals surface area contributed by atoms with Crippen LogP contribution in [0.2, 0.25) is 0 Å². The van der Waals surface area contributed by atoms with Gasteiger partial charge in [-0.25, -0.2) is 24.0 Å². The summed E-state index contributed by atoms with van der Waals surface area (Å²) in [6.45, 7) is 12.2. The van der Waals surface area contributed by atoms with Crippen molar-refractivity contribution in [3.05, 3.63) is 221 Å². The molecule has 0 saturated carbocycles. The summed E-state index contributed by atoms with van der Waals surface area (Å²) in [5.41, 5.74) is 8.34. The van der Waals surface area contributed by atoms with Gasteiger partial charge in [0.2, 0.25) is 41.7 Å². The Kier molecular flexibility index (Phi) is 38.2. The molecule has 0 aliphatic carbocycles. The number of pyridine rings is 3. The molecule has 686 valence electrons. The Bertz CT molecular complexity index is 4880. The Morgan fingerprint density at radius 1 is 0.477 bits per heavy atom. The summed E-state index contributed by atoms with van der Waals surface area (Å²) in [6, 6.07) is 32.5. The fraction of sp³-hybridized carbons (Fsp3) is 0.438. The predicted octanol–water partition coefficient (Wildman–Crippen LogP) is 5.35. The van der Waals surface area contributed by atoms with Gasteiger partial charge in [-0.05, 0) is 151 Å². The molecule has 13 rings (SSSR count). The largest absolute Gasteiger partial charge is 0.480 e. The van der Waals surface area contributed by atoms with Crippen LogP contribution in [0.1, 0.15) is 160 Å². The minimum atomic E-state index is -3.88. The number of nitrogens with two attached hydrogens (primary N) is 1. The fourth-order valence-corrected chi connectivity index (χ4v) is 14.8. The third-order valence-electron chi connectivity index (χ3n) is 21.5. The first kappa shape index (κ1) is 101. The summed E-state index contributed by atoms with van der Waals surface area (Å²) < 4.78 is 50.2. The molecule has 6 saturated heterocycles. The highest BCUT2D eigenvalue weighted by Crippen LogP contribution is 2.42. The highest BCUT2D eigenvalue weighted by molar-refractivity contribution is 6.01. The van der Waals surface area contributed by atoms with E-state index in [0.29, 0.717) is 92.4 Å². The van der Waals surface area contributed by atoms with Crippen LogP contribution in [0.4, 0.5) is 14.6 Å². The topological polar surface area (TPSA) is 483 Å². The van der Waals surface area contributed by atoms with Crippen LogP contribution in [-0.2, 0) is 86.7 Å². The third kappa shape index (κ3) is 27.6. The number of aliphatic hydroxyl groups excluding tert-OH is 2. The Labute approximate surface area is 743 Å². The van der Waals surface area contributed by atoms with Gasteiger partial charge in [-0.2, -0.15) is 13.8 Å². The molecule has 10 heterocycles. The SMILES string of the molecule is CC(C)C(=O)N1CCC[C@H]1C(=O)OCc1ccccc1.C[C@@H](N)C(=O)N1CCC[C@H]1C(=O)OCc1ccccc1.C[C@@H](NC(=O)c1ccncc1)C(=O)N1CCC[C@H]1C(=O)Nc1ccn(C2OC(CO)C(O)C2(F)F)c(=O)n1.C[C@@H](NC(=O)c1ccncc1)C(=O)N1CCC[C@H]1C(=O)O.C[C@@H](NC(=O)c1ccncc1)C(=O)N1CCC[C@H]1C(=O)OCc1ccccc1.Cl. The minimum Gasteiger partial charge on any atom is -0.480 e. The summed E-state index contributed by atoms with van der Waals surface area (Å²) in [7, 11) is 0. The van der Waals surface area contributed by atoms with E-state index < -0.39 is 121 Å². The Balaban J connectivity index is 0.000000203. The number of aliphatic hydroxyl groups is 2. The van der Waals surface area contributed by atoms with Crippen molar-refractivity contribution in [2.75, 3.05) is 44.6 Å². The molecule has 0 bridgehead atoms. The Morgan fingerprint density at radius 3 is 1.12 bits per heavy atom. The van der Waals surface area contributed by atoms with E-state index in [1.807, 2.05) is 105 Å². The molecule has 9 amide bonds. The highest BCUT2D eigenvalue weighted by Gasteiger charge is 2.59. The molecule has 12 atom stereocenters. The lowest BCUT2D eigenvalue weighted by Crippen LogP contribution is -2.51. The number of nitrogens with zero attached hydrogens (tertiary/aromatic N) is 10. The second-order valence-corrected chi connectivity index (χ2v) is 31.1. The van der Waals surface area contributed by atoms with E-state index in [9.17, 15) is 81.0 Å². The molecule has 6 aliphatic rings. The first-order chi connectivity index (χ1) is 60.8. The number of aromatic nitrogens is 5. The molecule has 0 radical (unpaired) electrons. The number of carboxylic acid groups (broad SMARTS) is 1. The minimum absolute atomic E-state index is 0. The normalized spacial score (nSPS) is 20.3. The third-order valence-corrected chi connectivity index (χ3v) is 21.5. The second kappa shape index (κ2) is 48.7.